The third-order valence-corrected chi connectivity index (χ3v) is 8.82. The lowest BCUT2D eigenvalue weighted by molar-refractivity contribution is 0.669. The largest absolute Gasteiger partial charge is 0.456 e. The van der Waals surface area contributed by atoms with Crippen LogP contribution in [0.2, 0.25) is 5.28 Å². The van der Waals surface area contributed by atoms with Crippen LogP contribution in [0.5, 0.6) is 0 Å². The van der Waals surface area contributed by atoms with Crippen molar-refractivity contribution in [3.8, 4) is 45.0 Å². The van der Waals surface area contributed by atoms with E-state index in [1.807, 2.05) is 36.4 Å². The number of halogens is 1. The number of nitrogens with zero attached hydrogens (tertiary/aromatic N) is 3. The number of furan rings is 1. The van der Waals surface area contributed by atoms with Crippen LogP contribution in [0.1, 0.15) is 0 Å². The van der Waals surface area contributed by atoms with Crippen molar-refractivity contribution in [3.63, 3.8) is 0 Å². The maximum Gasteiger partial charge on any atom is 0.226 e. The summed E-state index contributed by atoms with van der Waals surface area (Å²) < 4.78 is 6.19. The van der Waals surface area contributed by atoms with Crippen LogP contribution in [0.4, 0.5) is 0 Å². The van der Waals surface area contributed by atoms with E-state index in [4.69, 9.17) is 21.0 Å². The molecule has 2 aromatic heterocycles. The normalized spacial score (nSPS) is 11.6. The fraction of sp³-hybridized carbons (Fsp3) is 0. The molecule has 46 heavy (non-hydrogen) atoms. The molecule has 0 atom stereocenters. The first-order chi connectivity index (χ1) is 22.7. The predicted octanol–water partition coefficient (Wildman–Crippen LogP) is 11.4. The molecule has 0 N–H and O–H groups in total. The molecular formula is C41H24ClN3O. The lowest BCUT2D eigenvalue weighted by Crippen LogP contribution is -1.97. The van der Waals surface area contributed by atoms with E-state index in [-0.39, 0.29) is 5.28 Å². The SMILES string of the molecule is Clc1nc(-c2ccc3cc(-c4ccc(-c5ccccc5)cc4)ccc3c2)nc(-c2ccc3oc4ccc5ccccc5c4c3c2)n1. The first-order valence-electron chi connectivity index (χ1n) is 15.1. The molecule has 0 aliphatic heterocycles. The van der Waals surface area contributed by atoms with Crippen LogP contribution in [-0.2, 0) is 0 Å². The lowest BCUT2D eigenvalue weighted by Gasteiger charge is -2.09. The van der Waals surface area contributed by atoms with Crippen LogP contribution in [0.3, 0.4) is 0 Å². The number of hydrogen-bond acceptors (Lipinski definition) is 4. The maximum absolute atomic E-state index is 6.50. The van der Waals surface area contributed by atoms with E-state index in [1.165, 1.54) is 22.3 Å². The van der Waals surface area contributed by atoms with Crippen molar-refractivity contribution < 1.29 is 4.42 Å². The van der Waals surface area contributed by atoms with Gasteiger partial charge in [-0.25, -0.2) is 4.98 Å². The van der Waals surface area contributed by atoms with Crippen LogP contribution < -0.4 is 0 Å². The van der Waals surface area contributed by atoms with E-state index in [0.29, 0.717) is 11.6 Å². The van der Waals surface area contributed by atoms with Gasteiger partial charge in [0.25, 0.3) is 0 Å². The van der Waals surface area contributed by atoms with Crippen molar-refractivity contribution in [3.05, 3.63) is 151 Å². The average molecular weight is 610 g/mol. The van der Waals surface area contributed by atoms with Gasteiger partial charge < -0.3 is 4.42 Å². The minimum atomic E-state index is 0.150. The van der Waals surface area contributed by atoms with Crippen molar-refractivity contribution in [1.82, 2.24) is 15.0 Å². The molecule has 7 aromatic carbocycles. The number of hydrogen-bond donors (Lipinski definition) is 0. The molecule has 5 heteroatoms. The Morgan fingerprint density at radius 1 is 0.391 bits per heavy atom. The third-order valence-electron chi connectivity index (χ3n) is 8.65. The van der Waals surface area contributed by atoms with Gasteiger partial charge in [0.1, 0.15) is 11.2 Å². The Balaban J connectivity index is 1.07. The van der Waals surface area contributed by atoms with Gasteiger partial charge in [0.2, 0.25) is 5.28 Å². The number of fused-ring (bicyclic) bond motifs is 6. The number of benzene rings is 7. The highest BCUT2D eigenvalue weighted by molar-refractivity contribution is 6.28. The van der Waals surface area contributed by atoms with Gasteiger partial charge in [-0.2, -0.15) is 9.97 Å². The van der Waals surface area contributed by atoms with Crippen LogP contribution in [0.25, 0.3) is 88.5 Å². The second-order valence-corrected chi connectivity index (χ2v) is 11.8. The summed E-state index contributed by atoms with van der Waals surface area (Å²) in [4.78, 5) is 13.9. The summed E-state index contributed by atoms with van der Waals surface area (Å²) in [6.45, 7) is 0. The molecule has 0 saturated carbocycles. The van der Waals surface area contributed by atoms with Gasteiger partial charge in [0.05, 0.1) is 0 Å². The lowest BCUT2D eigenvalue weighted by atomic mass is 9.97. The van der Waals surface area contributed by atoms with Crippen LogP contribution in [0.15, 0.2) is 150 Å². The first-order valence-corrected chi connectivity index (χ1v) is 15.5. The second-order valence-electron chi connectivity index (χ2n) is 11.4. The van der Waals surface area contributed by atoms with Crippen molar-refractivity contribution in [1.29, 1.82) is 0 Å². The quantitative estimate of drug-likeness (QED) is 0.199. The molecule has 0 aliphatic carbocycles. The molecule has 0 fully saturated rings. The smallest absolute Gasteiger partial charge is 0.226 e. The highest BCUT2D eigenvalue weighted by Gasteiger charge is 2.15. The summed E-state index contributed by atoms with van der Waals surface area (Å²) in [5, 5.41) is 6.79. The van der Waals surface area contributed by atoms with Gasteiger partial charge in [-0.3, -0.25) is 0 Å². The first kappa shape index (κ1) is 26.6. The molecule has 0 aliphatic rings. The Kier molecular flexibility index (Phi) is 6.15. The standard InChI is InChI=1S/C41H24ClN3O/c42-41-44-39(43-40(45-41)33-19-20-36-35(24-33)38-34-9-5-4-8-28(34)18-21-37(38)46-36)32-17-16-30-22-29(14-15-31(30)23-32)27-12-10-26(11-13-27)25-6-2-1-3-7-25/h1-24H. The second kappa shape index (κ2) is 10.7. The molecule has 0 spiro atoms. The Hall–Kier alpha value is -5.84. The summed E-state index contributed by atoms with van der Waals surface area (Å²) in [6.07, 6.45) is 0. The number of aromatic nitrogens is 3. The summed E-state index contributed by atoms with van der Waals surface area (Å²) in [5.74, 6) is 1.04. The predicted molar refractivity (Wildman–Crippen MR) is 189 cm³/mol. The monoisotopic (exact) mass is 609 g/mol. The van der Waals surface area contributed by atoms with Crippen molar-refractivity contribution in [2.24, 2.45) is 0 Å². The molecule has 0 amide bonds. The van der Waals surface area contributed by atoms with Gasteiger partial charge in [-0.15, -0.1) is 0 Å². The zero-order chi connectivity index (χ0) is 30.6. The fourth-order valence-electron chi connectivity index (χ4n) is 6.34. The molecule has 216 valence electrons. The van der Waals surface area contributed by atoms with Crippen LogP contribution in [-0.4, -0.2) is 15.0 Å². The highest BCUT2D eigenvalue weighted by atomic mass is 35.5. The van der Waals surface area contributed by atoms with Crippen LogP contribution in [0, 0.1) is 0 Å². The van der Waals surface area contributed by atoms with Gasteiger partial charge >= 0.3 is 0 Å². The topological polar surface area (TPSA) is 51.8 Å². The molecule has 9 rings (SSSR count). The van der Waals surface area contributed by atoms with Crippen molar-refractivity contribution in [2.75, 3.05) is 0 Å². The van der Waals surface area contributed by atoms with Gasteiger partial charge in [-0.1, -0.05) is 109 Å². The zero-order valence-corrected chi connectivity index (χ0v) is 25.2. The van der Waals surface area contributed by atoms with Gasteiger partial charge in [-0.05, 0) is 91.8 Å². The molecule has 9 aromatic rings. The van der Waals surface area contributed by atoms with E-state index < -0.39 is 0 Å². The third kappa shape index (κ3) is 4.59. The van der Waals surface area contributed by atoms with Crippen LogP contribution >= 0.6 is 11.6 Å². The molecule has 0 radical (unpaired) electrons. The van der Waals surface area contributed by atoms with E-state index in [1.54, 1.807) is 0 Å². The molecule has 2 heterocycles. The fourth-order valence-corrected chi connectivity index (χ4v) is 6.50. The molecular weight excluding hydrogens is 586 g/mol. The van der Waals surface area contributed by atoms with Crippen molar-refractivity contribution in [2.45, 2.75) is 0 Å². The summed E-state index contributed by atoms with van der Waals surface area (Å²) in [7, 11) is 0. The summed E-state index contributed by atoms with van der Waals surface area (Å²) >= 11 is 6.50. The van der Waals surface area contributed by atoms with E-state index >= 15 is 0 Å². The van der Waals surface area contributed by atoms with Gasteiger partial charge in [0, 0.05) is 21.9 Å². The Labute approximate surface area is 269 Å². The zero-order valence-electron chi connectivity index (χ0n) is 24.5. The minimum absolute atomic E-state index is 0.150. The average Bonchev–Trinajstić information content (AvgIpc) is 3.50. The van der Waals surface area contributed by atoms with E-state index in [2.05, 4.69) is 119 Å². The summed E-state index contributed by atoms with van der Waals surface area (Å²) in [5.41, 5.74) is 8.15. The van der Waals surface area contributed by atoms with E-state index in [0.717, 1.165) is 54.6 Å². The van der Waals surface area contributed by atoms with E-state index in [9.17, 15) is 0 Å². The molecule has 0 saturated heterocycles. The molecule has 0 bridgehead atoms. The summed E-state index contributed by atoms with van der Waals surface area (Å²) in [6, 6.07) is 50.4. The Morgan fingerprint density at radius 3 is 1.72 bits per heavy atom. The molecule has 4 nitrogen and oxygen atoms in total. The molecule has 0 unspecified atom stereocenters. The van der Waals surface area contributed by atoms with Gasteiger partial charge in [0.15, 0.2) is 11.6 Å². The minimum Gasteiger partial charge on any atom is -0.456 e. The maximum atomic E-state index is 6.50. The highest BCUT2D eigenvalue weighted by Crippen LogP contribution is 2.37. The van der Waals surface area contributed by atoms with Crippen molar-refractivity contribution >= 4 is 55.1 Å². The number of rotatable bonds is 4. The Bertz CT molecular complexity index is 2590. The Morgan fingerprint density at radius 2 is 0.935 bits per heavy atom.